The third-order valence-electron chi connectivity index (χ3n) is 3.68. The average Bonchev–Trinajstić information content (AvgIpc) is 2.49. The molecule has 2 rings (SSSR count). The van der Waals surface area contributed by atoms with E-state index in [-0.39, 0.29) is 24.3 Å². The molecule has 1 aliphatic heterocycles. The van der Waals surface area contributed by atoms with Crippen molar-refractivity contribution < 1.29 is 14.3 Å². The molecule has 6 heteroatoms. The van der Waals surface area contributed by atoms with E-state index >= 15 is 0 Å². The topological polar surface area (TPSA) is 46.6 Å². The molecular weight excluding hydrogens is 313 g/mol. The number of hydrogen-bond acceptors (Lipinski definition) is 3. The third-order valence-corrected chi connectivity index (χ3v) is 4.24. The molecule has 1 amide bonds. The maximum absolute atomic E-state index is 12.7. The zero-order chi connectivity index (χ0) is 15.4. The second-order valence-corrected chi connectivity index (χ2v) is 5.90. The van der Waals surface area contributed by atoms with Crippen molar-refractivity contribution in [2.45, 2.75) is 31.7 Å². The predicted molar refractivity (Wildman–Crippen MR) is 81.8 cm³/mol. The lowest BCUT2D eigenvalue weighted by atomic mass is 9.98. The number of amides is 1. The molecule has 0 aromatic heterocycles. The highest BCUT2D eigenvalue weighted by atomic mass is 35.5. The highest BCUT2D eigenvalue weighted by molar-refractivity contribution is 6.35. The molecule has 1 aromatic carbocycles. The first-order chi connectivity index (χ1) is 10.0. The van der Waals surface area contributed by atoms with Crippen LogP contribution in [0.5, 0.6) is 0 Å². The van der Waals surface area contributed by atoms with Crippen molar-refractivity contribution in [1.82, 2.24) is 4.90 Å². The quantitative estimate of drug-likeness (QED) is 0.796. The molecule has 1 fully saturated rings. The molecular formula is C15H17Cl2NO3. The SMILES string of the molecule is COC(=O)CC1CCCCN1C(=O)c1cc(Cl)ccc1Cl. The van der Waals surface area contributed by atoms with Crippen LogP contribution in [-0.2, 0) is 9.53 Å². The lowest BCUT2D eigenvalue weighted by molar-refractivity contribution is -0.142. The molecule has 0 spiro atoms. The number of carbonyl (C=O) groups is 2. The summed E-state index contributed by atoms with van der Waals surface area (Å²) < 4.78 is 4.71. The number of likely N-dealkylation sites (tertiary alicyclic amines) is 1. The van der Waals surface area contributed by atoms with E-state index < -0.39 is 0 Å². The van der Waals surface area contributed by atoms with Crippen molar-refractivity contribution in [3.05, 3.63) is 33.8 Å². The number of carbonyl (C=O) groups excluding carboxylic acids is 2. The summed E-state index contributed by atoms with van der Waals surface area (Å²) in [6.07, 6.45) is 2.91. The van der Waals surface area contributed by atoms with Crippen LogP contribution in [-0.4, -0.2) is 36.5 Å². The van der Waals surface area contributed by atoms with Gasteiger partial charge in [-0.3, -0.25) is 9.59 Å². The molecule has 1 aliphatic rings. The minimum absolute atomic E-state index is 0.145. The van der Waals surface area contributed by atoms with E-state index in [1.807, 2.05) is 0 Å². The fourth-order valence-electron chi connectivity index (χ4n) is 2.57. The summed E-state index contributed by atoms with van der Waals surface area (Å²) in [5.41, 5.74) is 0.376. The molecule has 0 radical (unpaired) electrons. The second kappa shape index (κ2) is 7.14. The fourth-order valence-corrected chi connectivity index (χ4v) is 2.94. The van der Waals surface area contributed by atoms with Gasteiger partial charge in [0.2, 0.25) is 0 Å². The fraction of sp³-hybridized carbons (Fsp3) is 0.467. The first-order valence-corrected chi connectivity index (χ1v) is 7.61. The lowest BCUT2D eigenvalue weighted by Crippen LogP contribution is -2.45. The summed E-state index contributed by atoms with van der Waals surface area (Å²) in [4.78, 5) is 25.9. The molecule has 0 aliphatic carbocycles. The number of esters is 1. The van der Waals surface area contributed by atoms with Gasteiger partial charge in [0.25, 0.3) is 5.91 Å². The van der Waals surface area contributed by atoms with Crippen molar-refractivity contribution in [3.8, 4) is 0 Å². The Bertz CT molecular complexity index is 548. The van der Waals surface area contributed by atoms with Crippen LogP contribution in [0.1, 0.15) is 36.0 Å². The zero-order valence-electron chi connectivity index (χ0n) is 11.8. The first-order valence-electron chi connectivity index (χ1n) is 6.85. The number of ether oxygens (including phenoxy) is 1. The van der Waals surface area contributed by atoms with Crippen molar-refractivity contribution in [3.63, 3.8) is 0 Å². The largest absolute Gasteiger partial charge is 0.469 e. The van der Waals surface area contributed by atoms with Crippen LogP contribution in [0.15, 0.2) is 18.2 Å². The van der Waals surface area contributed by atoms with E-state index in [1.54, 1.807) is 23.1 Å². The molecule has 1 aromatic rings. The van der Waals surface area contributed by atoms with Gasteiger partial charge in [-0.2, -0.15) is 0 Å². The second-order valence-electron chi connectivity index (χ2n) is 5.05. The van der Waals surface area contributed by atoms with Gasteiger partial charge in [-0.15, -0.1) is 0 Å². The van der Waals surface area contributed by atoms with Gasteiger partial charge in [0.15, 0.2) is 0 Å². The van der Waals surface area contributed by atoms with Crippen molar-refractivity contribution in [2.75, 3.05) is 13.7 Å². The van der Waals surface area contributed by atoms with Crippen LogP contribution in [0, 0.1) is 0 Å². The summed E-state index contributed by atoms with van der Waals surface area (Å²) in [5, 5.41) is 0.830. The van der Waals surface area contributed by atoms with Crippen LogP contribution < -0.4 is 0 Å². The number of nitrogens with zero attached hydrogens (tertiary/aromatic N) is 1. The molecule has 114 valence electrons. The van der Waals surface area contributed by atoms with E-state index in [2.05, 4.69) is 0 Å². The standard InChI is InChI=1S/C15H17Cl2NO3/c1-21-14(19)9-11-4-2-3-7-18(11)15(20)12-8-10(16)5-6-13(12)17/h5-6,8,11H,2-4,7,9H2,1H3. The van der Waals surface area contributed by atoms with E-state index in [9.17, 15) is 9.59 Å². The van der Waals surface area contributed by atoms with E-state index in [0.717, 1.165) is 19.3 Å². The molecule has 1 saturated heterocycles. The first kappa shape index (κ1) is 16.1. The summed E-state index contributed by atoms with van der Waals surface area (Å²) in [6.45, 7) is 0.614. The molecule has 4 nitrogen and oxygen atoms in total. The number of piperidine rings is 1. The van der Waals surface area contributed by atoms with E-state index in [0.29, 0.717) is 22.2 Å². The summed E-state index contributed by atoms with van der Waals surface area (Å²) in [7, 11) is 1.35. The Morgan fingerprint density at radius 3 is 2.81 bits per heavy atom. The molecule has 1 unspecified atom stereocenters. The van der Waals surface area contributed by atoms with Crippen LogP contribution in [0.4, 0.5) is 0 Å². The Kier molecular flexibility index (Phi) is 5.48. The zero-order valence-corrected chi connectivity index (χ0v) is 13.3. The molecule has 1 atom stereocenters. The number of halogens is 2. The van der Waals surface area contributed by atoms with Crippen LogP contribution >= 0.6 is 23.2 Å². The Hall–Kier alpha value is -1.26. The smallest absolute Gasteiger partial charge is 0.307 e. The molecule has 1 heterocycles. The number of benzene rings is 1. The van der Waals surface area contributed by atoms with Gasteiger partial charge in [0.05, 0.1) is 24.1 Å². The maximum Gasteiger partial charge on any atom is 0.307 e. The summed E-state index contributed by atoms with van der Waals surface area (Å²) in [6, 6.07) is 4.67. The Balaban J connectivity index is 2.22. The van der Waals surface area contributed by atoms with Gasteiger partial charge < -0.3 is 9.64 Å². The average molecular weight is 330 g/mol. The molecule has 0 bridgehead atoms. The van der Waals surface area contributed by atoms with E-state index in [1.165, 1.54) is 7.11 Å². The molecule has 0 saturated carbocycles. The van der Waals surface area contributed by atoms with Gasteiger partial charge in [0, 0.05) is 17.6 Å². The Labute approximate surface area is 134 Å². The minimum Gasteiger partial charge on any atom is -0.469 e. The monoisotopic (exact) mass is 329 g/mol. The van der Waals surface area contributed by atoms with E-state index in [4.69, 9.17) is 27.9 Å². The van der Waals surface area contributed by atoms with Crippen molar-refractivity contribution in [1.29, 1.82) is 0 Å². The summed E-state index contributed by atoms with van der Waals surface area (Å²) in [5.74, 6) is -0.493. The lowest BCUT2D eigenvalue weighted by Gasteiger charge is -2.35. The maximum atomic E-state index is 12.7. The van der Waals surface area contributed by atoms with Gasteiger partial charge >= 0.3 is 5.97 Å². The highest BCUT2D eigenvalue weighted by Gasteiger charge is 2.30. The predicted octanol–water partition coefficient (Wildman–Crippen LogP) is 3.55. The number of methoxy groups -OCH3 is 1. The van der Waals surface area contributed by atoms with Crippen LogP contribution in [0.2, 0.25) is 10.0 Å². The molecule has 0 N–H and O–H groups in total. The summed E-state index contributed by atoms with van der Waals surface area (Å²) >= 11 is 12.0. The van der Waals surface area contributed by atoms with Crippen LogP contribution in [0.3, 0.4) is 0 Å². The van der Waals surface area contributed by atoms with Crippen molar-refractivity contribution >= 4 is 35.1 Å². The minimum atomic E-state index is -0.308. The number of rotatable bonds is 3. The Morgan fingerprint density at radius 1 is 1.33 bits per heavy atom. The Morgan fingerprint density at radius 2 is 2.10 bits per heavy atom. The van der Waals surface area contributed by atoms with Crippen molar-refractivity contribution in [2.24, 2.45) is 0 Å². The third kappa shape index (κ3) is 3.89. The van der Waals surface area contributed by atoms with Gasteiger partial charge in [-0.25, -0.2) is 0 Å². The van der Waals surface area contributed by atoms with Gasteiger partial charge in [-0.05, 0) is 37.5 Å². The number of hydrogen-bond donors (Lipinski definition) is 0. The highest BCUT2D eigenvalue weighted by Crippen LogP contribution is 2.27. The normalized spacial score (nSPS) is 18.4. The van der Waals surface area contributed by atoms with Crippen LogP contribution in [0.25, 0.3) is 0 Å². The molecule has 21 heavy (non-hydrogen) atoms. The van der Waals surface area contributed by atoms with Gasteiger partial charge in [-0.1, -0.05) is 23.2 Å². The van der Waals surface area contributed by atoms with Gasteiger partial charge in [0.1, 0.15) is 0 Å².